The van der Waals surface area contributed by atoms with Gasteiger partial charge in [0.05, 0.1) is 11.5 Å². The number of hydrogen-bond donors (Lipinski definition) is 1. The zero-order valence-corrected chi connectivity index (χ0v) is 19.5. The first-order valence-electron chi connectivity index (χ1n) is 9.91. The van der Waals surface area contributed by atoms with Gasteiger partial charge >= 0.3 is 6.09 Å². The molecule has 2 aliphatic heterocycles. The lowest BCUT2D eigenvalue weighted by Crippen LogP contribution is -2.66. The van der Waals surface area contributed by atoms with E-state index in [2.05, 4.69) is 10.3 Å². The molecule has 2 aliphatic rings. The second kappa shape index (κ2) is 7.12. The summed E-state index contributed by atoms with van der Waals surface area (Å²) in [6, 6.07) is 3.52. The number of nitrogens with one attached hydrogen (secondary N) is 1. The normalized spacial score (nSPS) is 28.2. The molecule has 0 spiro atoms. The van der Waals surface area contributed by atoms with Gasteiger partial charge in [-0.1, -0.05) is 0 Å². The van der Waals surface area contributed by atoms with E-state index < -0.39 is 48.2 Å². The van der Waals surface area contributed by atoms with E-state index in [0.717, 1.165) is 6.07 Å². The quantitative estimate of drug-likeness (QED) is 0.489. The summed E-state index contributed by atoms with van der Waals surface area (Å²) in [5.74, 6) is -0.255. The molecule has 32 heavy (non-hydrogen) atoms. The summed E-state index contributed by atoms with van der Waals surface area (Å²) >= 11 is 0. The minimum atomic E-state index is -4.68. The fourth-order valence-electron chi connectivity index (χ4n) is 3.88. The van der Waals surface area contributed by atoms with Crippen molar-refractivity contribution in [1.29, 1.82) is 0 Å². The second-order valence-corrected chi connectivity index (χ2v) is 12.1. The van der Waals surface area contributed by atoms with Crippen molar-refractivity contribution < 1.29 is 32.0 Å². The Morgan fingerprint density at radius 2 is 1.94 bits per heavy atom. The Morgan fingerprint density at radius 1 is 1.31 bits per heavy atom. The number of ether oxygens (including phenoxy) is 2. The molecule has 1 N–H and O–H groups in total. The van der Waals surface area contributed by atoms with Crippen molar-refractivity contribution in [2.75, 3.05) is 6.61 Å². The number of benzene rings is 1. The number of nitro groups is 1. The van der Waals surface area contributed by atoms with Crippen molar-refractivity contribution >= 4 is 27.5 Å². The highest BCUT2D eigenvalue weighted by atomic mass is 32.2. The molecule has 2 heterocycles. The number of rotatable bonds is 1. The highest BCUT2D eigenvalue weighted by Crippen LogP contribution is 2.56. The van der Waals surface area contributed by atoms with E-state index >= 15 is 4.39 Å². The van der Waals surface area contributed by atoms with Crippen LogP contribution in [0.15, 0.2) is 23.2 Å². The number of alkyl carbamates (subject to hydrolysis) is 1. The van der Waals surface area contributed by atoms with Gasteiger partial charge in [-0.05, 0) is 47.6 Å². The molecule has 0 saturated heterocycles. The number of amidine groups is 1. The number of fused-ring (bicyclic) bond motifs is 3. The van der Waals surface area contributed by atoms with E-state index in [1.54, 1.807) is 20.8 Å². The summed E-state index contributed by atoms with van der Waals surface area (Å²) in [6.45, 7) is 8.30. The Morgan fingerprint density at radius 3 is 2.50 bits per heavy atom. The predicted octanol–water partition coefficient (Wildman–Crippen LogP) is 3.39. The molecular formula is C20H26FN3O7S. The van der Waals surface area contributed by atoms with E-state index in [0.29, 0.717) is 0 Å². The number of hydrogen-bond acceptors (Lipinski definition) is 8. The van der Waals surface area contributed by atoms with Crippen LogP contribution in [-0.2, 0) is 20.1 Å². The third-order valence-electron chi connectivity index (χ3n) is 5.73. The summed E-state index contributed by atoms with van der Waals surface area (Å²) in [6.07, 6.45) is -1.51. The fourth-order valence-corrected chi connectivity index (χ4v) is 6.07. The first kappa shape index (κ1) is 23.9. The highest BCUT2D eigenvalue weighted by molar-refractivity contribution is 7.94. The van der Waals surface area contributed by atoms with Gasteiger partial charge in [-0.2, -0.15) is 0 Å². The first-order chi connectivity index (χ1) is 14.5. The Hall–Kier alpha value is -2.76. The van der Waals surface area contributed by atoms with Crippen LogP contribution in [0.5, 0.6) is 5.75 Å². The Bertz CT molecular complexity index is 1130. The van der Waals surface area contributed by atoms with Crippen LogP contribution in [0.2, 0.25) is 0 Å². The molecule has 1 aromatic rings. The maximum absolute atomic E-state index is 16.6. The SMILES string of the molecule is CC(C)(C)OC(=O)NC1=N[C@]2(C)c3cc([N+](=O)[O-])ccc3OCC[C@@]2(F)S(=O)(=O)C1(C)C. The van der Waals surface area contributed by atoms with Crippen LogP contribution in [-0.4, -0.2) is 47.2 Å². The molecule has 0 fully saturated rings. The van der Waals surface area contributed by atoms with Gasteiger partial charge < -0.3 is 9.47 Å². The van der Waals surface area contributed by atoms with E-state index in [9.17, 15) is 23.3 Å². The summed E-state index contributed by atoms with van der Waals surface area (Å²) in [5, 5.41) is 10.7. The van der Waals surface area contributed by atoms with Crippen molar-refractivity contribution in [1.82, 2.24) is 5.32 Å². The largest absolute Gasteiger partial charge is 0.493 e. The number of alkyl halides is 1. The van der Waals surface area contributed by atoms with Crippen molar-refractivity contribution in [3.05, 3.63) is 33.9 Å². The van der Waals surface area contributed by atoms with Gasteiger partial charge in [0.2, 0.25) is 5.00 Å². The average Bonchev–Trinajstić information content (AvgIpc) is 2.74. The topological polar surface area (TPSA) is 137 Å². The second-order valence-electron chi connectivity index (χ2n) is 9.44. The maximum atomic E-state index is 16.6. The summed E-state index contributed by atoms with van der Waals surface area (Å²) in [5.41, 5.74) is -3.49. The predicted molar refractivity (Wildman–Crippen MR) is 114 cm³/mol. The monoisotopic (exact) mass is 471 g/mol. The molecule has 176 valence electrons. The van der Waals surface area contributed by atoms with Crippen LogP contribution in [0.3, 0.4) is 0 Å². The molecule has 10 nitrogen and oxygen atoms in total. The van der Waals surface area contributed by atoms with E-state index in [4.69, 9.17) is 9.47 Å². The van der Waals surface area contributed by atoms with E-state index in [1.807, 2.05) is 0 Å². The third-order valence-corrected chi connectivity index (χ3v) is 8.72. The lowest BCUT2D eigenvalue weighted by molar-refractivity contribution is -0.385. The minimum Gasteiger partial charge on any atom is -0.493 e. The number of carbonyl (C=O) groups excluding carboxylic acids is 1. The lowest BCUT2D eigenvalue weighted by atomic mass is 9.84. The van der Waals surface area contributed by atoms with Crippen LogP contribution in [0, 0.1) is 10.1 Å². The molecule has 1 amide bonds. The third kappa shape index (κ3) is 3.40. The van der Waals surface area contributed by atoms with Crippen LogP contribution in [0.1, 0.15) is 53.5 Å². The zero-order chi connectivity index (χ0) is 24.3. The molecule has 0 radical (unpaired) electrons. The van der Waals surface area contributed by atoms with Gasteiger partial charge in [0, 0.05) is 24.1 Å². The number of aliphatic imine (C=N–C) groups is 1. The number of halogens is 1. The molecule has 12 heteroatoms. The van der Waals surface area contributed by atoms with Crippen LogP contribution >= 0.6 is 0 Å². The number of sulfone groups is 1. The van der Waals surface area contributed by atoms with Crippen molar-refractivity contribution in [2.24, 2.45) is 4.99 Å². The molecule has 0 aliphatic carbocycles. The molecule has 0 saturated carbocycles. The fraction of sp³-hybridized carbons (Fsp3) is 0.600. The number of carbonyl (C=O) groups is 1. The Balaban J connectivity index is 2.29. The van der Waals surface area contributed by atoms with Crippen molar-refractivity contribution in [3.8, 4) is 5.75 Å². The Kier molecular flexibility index (Phi) is 5.32. The molecular weight excluding hydrogens is 445 g/mol. The number of nitro benzene ring substituents is 1. The number of nitrogens with zero attached hydrogens (tertiary/aromatic N) is 2. The van der Waals surface area contributed by atoms with Crippen LogP contribution < -0.4 is 10.1 Å². The van der Waals surface area contributed by atoms with Gasteiger partial charge in [-0.15, -0.1) is 0 Å². The van der Waals surface area contributed by atoms with Gasteiger partial charge in [-0.25, -0.2) is 17.6 Å². The van der Waals surface area contributed by atoms with Crippen LogP contribution in [0.4, 0.5) is 14.9 Å². The van der Waals surface area contributed by atoms with Crippen molar-refractivity contribution in [2.45, 2.75) is 68.9 Å². The van der Waals surface area contributed by atoms with Gasteiger partial charge in [0.1, 0.15) is 27.5 Å². The van der Waals surface area contributed by atoms with Gasteiger partial charge in [0.15, 0.2) is 9.84 Å². The summed E-state index contributed by atoms with van der Waals surface area (Å²) < 4.78 is 52.7. The summed E-state index contributed by atoms with van der Waals surface area (Å²) in [4.78, 5) is 27.4. The Labute approximate surface area is 185 Å². The van der Waals surface area contributed by atoms with E-state index in [1.165, 1.54) is 32.9 Å². The standard InChI is InChI=1S/C20H26FN3O7S/c1-17(2,3)31-16(25)22-15-18(4,5)32(28,29)20(21)9-10-30-14-8-7-12(24(26)27)11-13(14)19(20,6)23-15/h7-8,11H,9-10H2,1-6H3,(H,22,23,25)/t19-,20-/m1/s1. The molecule has 0 unspecified atom stereocenters. The maximum Gasteiger partial charge on any atom is 0.413 e. The molecule has 2 atom stereocenters. The van der Waals surface area contributed by atoms with Crippen molar-refractivity contribution in [3.63, 3.8) is 0 Å². The molecule has 1 aromatic carbocycles. The molecule has 3 rings (SSSR count). The van der Waals surface area contributed by atoms with E-state index in [-0.39, 0.29) is 29.4 Å². The average molecular weight is 472 g/mol. The van der Waals surface area contributed by atoms with Gasteiger partial charge in [0.25, 0.3) is 5.69 Å². The first-order valence-corrected chi connectivity index (χ1v) is 11.4. The molecule has 0 aromatic heterocycles. The summed E-state index contributed by atoms with van der Waals surface area (Å²) in [7, 11) is -4.68. The lowest BCUT2D eigenvalue weighted by Gasteiger charge is -2.47. The van der Waals surface area contributed by atoms with Crippen LogP contribution in [0.25, 0.3) is 0 Å². The minimum absolute atomic E-state index is 0.0768. The smallest absolute Gasteiger partial charge is 0.413 e. The van der Waals surface area contributed by atoms with Gasteiger partial charge in [-0.3, -0.25) is 20.4 Å². The number of non-ortho nitro benzene ring substituents is 1. The zero-order valence-electron chi connectivity index (χ0n) is 18.7. The highest BCUT2D eigenvalue weighted by Gasteiger charge is 2.69. The molecule has 0 bridgehead atoms. The number of amides is 1.